The van der Waals surface area contributed by atoms with Crippen molar-refractivity contribution in [2.45, 2.75) is 30.4 Å². The Hall–Kier alpha value is -0.875. The number of aliphatic hydroxyl groups is 1. The van der Waals surface area contributed by atoms with Crippen LogP contribution in [0.1, 0.15) is 5.56 Å². The number of fused-ring (bicyclic) bond motifs is 2. The number of aliphatic hydroxyl groups excluding tert-OH is 1. The highest BCUT2D eigenvalue weighted by molar-refractivity contribution is 6.11. The summed E-state index contributed by atoms with van der Waals surface area (Å²) in [6, 6.07) is 9.34. The smallest absolute Gasteiger partial charge is 0.142 e. The summed E-state index contributed by atoms with van der Waals surface area (Å²) in [6.45, 7) is 0.654. The molecule has 0 saturated carbocycles. The van der Waals surface area contributed by atoms with Gasteiger partial charge in [0.25, 0.3) is 0 Å². The summed E-state index contributed by atoms with van der Waals surface area (Å²) in [4.78, 5) is 0. The highest BCUT2D eigenvalue weighted by atomic mass is 16.7. The van der Waals surface area contributed by atoms with Crippen LogP contribution in [0.4, 0.5) is 0 Å². The SMILES string of the molecule is [B][C@@H]1O[C@@]2(CO)CO[C@H]1C2OCc1ccccc1. The largest absolute Gasteiger partial charge is 0.393 e. The molecule has 0 aromatic heterocycles. The minimum Gasteiger partial charge on any atom is -0.393 e. The first-order valence-electron chi connectivity index (χ1n) is 6.06. The lowest BCUT2D eigenvalue weighted by molar-refractivity contribution is -0.141. The predicted molar refractivity (Wildman–Crippen MR) is 65.2 cm³/mol. The summed E-state index contributed by atoms with van der Waals surface area (Å²) < 4.78 is 17.0. The van der Waals surface area contributed by atoms with E-state index in [1.54, 1.807) is 0 Å². The van der Waals surface area contributed by atoms with Crippen molar-refractivity contribution in [2.75, 3.05) is 13.2 Å². The average Bonchev–Trinajstić information content (AvgIpc) is 2.89. The van der Waals surface area contributed by atoms with E-state index in [1.807, 2.05) is 30.3 Å². The summed E-state index contributed by atoms with van der Waals surface area (Å²) in [7, 11) is 5.80. The molecule has 2 fully saturated rings. The normalized spacial score (nSPS) is 38.2. The van der Waals surface area contributed by atoms with Crippen LogP contribution >= 0.6 is 0 Å². The topological polar surface area (TPSA) is 47.9 Å². The standard InChI is InChI=1S/C13H15BO4/c14-12-10-11(13(7-15,18-12)8-17-10)16-6-9-4-2-1-3-5-9/h1-5,10-12,15H,6-8H2/t10-,11?,12+,13-/m0/s1. The van der Waals surface area contributed by atoms with Crippen molar-refractivity contribution in [3.05, 3.63) is 35.9 Å². The van der Waals surface area contributed by atoms with Gasteiger partial charge < -0.3 is 19.3 Å². The van der Waals surface area contributed by atoms with Gasteiger partial charge in [0.05, 0.1) is 19.8 Å². The fraction of sp³-hybridized carbons (Fsp3) is 0.538. The Labute approximate surface area is 107 Å². The first-order chi connectivity index (χ1) is 8.75. The van der Waals surface area contributed by atoms with E-state index in [9.17, 15) is 5.11 Å². The molecule has 4 nitrogen and oxygen atoms in total. The molecule has 5 heteroatoms. The van der Waals surface area contributed by atoms with Gasteiger partial charge in [-0.2, -0.15) is 0 Å². The van der Waals surface area contributed by atoms with Crippen LogP contribution in [-0.2, 0) is 20.8 Å². The second-order valence-corrected chi connectivity index (χ2v) is 4.80. The lowest BCUT2D eigenvalue weighted by atomic mass is 9.92. The first kappa shape index (κ1) is 12.2. The van der Waals surface area contributed by atoms with E-state index in [0.717, 1.165) is 5.56 Å². The van der Waals surface area contributed by atoms with Gasteiger partial charge in [0.15, 0.2) is 0 Å². The van der Waals surface area contributed by atoms with Crippen LogP contribution in [0, 0.1) is 0 Å². The van der Waals surface area contributed by atoms with Crippen molar-refractivity contribution in [3.63, 3.8) is 0 Å². The Kier molecular flexibility index (Phi) is 3.15. The van der Waals surface area contributed by atoms with E-state index in [1.165, 1.54) is 0 Å². The molecule has 0 spiro atoms. The van der Waals surface area contributed by atoms with Crippen molar-refractivity contribution >= 4 is 7.85 Å². The molecule has 2 heterocycles. The molecule has 0 amide bonds. The molecule has 4 atom stereocenters. The third-order valence-corrected chi connectivity index (χ3v) is 3.57. The van der Waals surface area contributed by atoms with Gasteiger partial charge in [0, 0.05) is 6.00 Å². The monoisotopic (exact) mass is 246 g/mol. The van der Waals surface area contributed by atoms with Crippen LogP contribution in [0.5, 0.6) is 0 Å². The number of ether oxygens (including phenoxy) is 3. The summed E-state index contributed by atoms with van der Waals surface area (Å²) in [5, 5.41) is 9.49. The molecule has 94 valence electrons. The Bertz CT molecular complexity index is 413. The molecule has 3 rings (SSSR count). The molecule has 2 aliphatic heterocycles. The molecule has 2 aliphatic rings. The van der Waals surface area contributed by atoms with Crippen LogP contribution in [0.3, 0.4) is 0 Å². The summed E-state index contributed by atoms with van der Waals surface area (Å²) in [5.74, 6) is 0. The van der Waals surface area contributed by atoms with E-state index < -0.39 is 11.6 Å². The number of hydrogen-bond acceptors (Lipinski definition) is 4. The summed E-state index contributed by atoms with van der Waals surface area (Å²) >= 11 is 0. The van der Waals surface area contributed by atoms with Crippen LogP contribution in [0.15, 0.2) is 30.3 Å². The van der Waals surface area contributed by atoms with Crippen LogP contribution in [-0.4, -0.2) is 50.0 Å². The molecule has 0 aliphatic carbocycles. The van der Waals surface area contributed by atoms with E-state index >= 15 is 0 Å². The predicted octanol–water partition coefficient (Wildman–Crippen LogP) is 0.226. The van der Waals surface area contributed by atoms with Crippen molar-refractivity contribution in [2.24, 2.45) is 0 Å². The van der Waals surface area contributed by atoms with E-state index in [-0.39, 0.29) is 18.8 Å². The average molecular weight is 246 g/mol. The second kappa shape index (κ2) is 4.66. The molecule has 1 N–H and O–H groups in total. The van der Waals surface area contributed by atoms with Gasteiger partial charge in [-0.15, -0.1) is 0 Å². The molecule has 2 saturated heterocycles. The van der Waals surface area contributed by atoms with E-state index in [0.29, 0.717) is 13.2 Å². The van der Waals surface area contributed by atoms with Gasteiger partial charge in [0.2, 0.25) is 0 Å². The van der Waals surface area contributed by atoms with Gasteiger partial charge in [-0.1, -0.05) is 30.3 Å². The van der Waals surface area contributed by atoms with E-state index in [4.69, 9.17) is 22.1 Å². The fourth-order valence-electron chi connectivity index (χ4n) is 2.59. The highest BCUT2D eigenvalue weighted by Gasteiger charge is 2.60. The Morgan fingerprint density at radius 3 is 2.83 bits per heavy atom. The Morgan fingerprint density at radius 2 is 2.17 bits per heavy atom. The maximum Gasteiger partial charge on any atom is 0.142 e. The molecule has 2 bridgehead atoms. The quantitative estimate of drug-likeness (QED) is 0.772. The molecule has 18 heavy (non-hydrogen) atoms. The van der Waals surface area contributed by atoms with Gasteiger partial charge in [0.1, 0.15) is 25.7 Å². The molecular formula is C13H15BO4. The van der Waals surface area contributed by atoms with Crippen molar-refractivity contribution in [3.8, 4) is 0 Å². The third kappa shape index (κ3) is 1.87. The van der Waals surface area contributed by atoms with Crippen LogP contribution in [0.2, 0.25) is 0 Å². The molecule has 2 radical (unpaired) electrons. The minimum absolute atomic E-state index is 0.142. The lowest BCUT2D eigenvalue weighted by Gasteiger charge is -2.28. The molecule has 1 unspecified atom stereocenters. The zero-order chi connectivity index (χ0) is 12.6. The molecule has 1 aromatic carbocycles. The Morgan fingerprint density at radius 1 is 1.39 bits per heavy atom. The first-order valence-corrected chi connectivity index (χ1v) is 6.06. The van der Waals surface area contributed by atoms with Gasteiger partial charge in [-0.05, 0) is 5.56 Å². The zero-order valence-electron chi connectivity index (χ0n) is 9.99. The lowest BCUT2D eigenvalue weighted by Crippen LogP contribution is -2.45. The zero-order valence-corrected chi connectivity index (χ0v) is 9.99. The second-order valence-electron chi connectivity index (χ2n) is 4.80. The van der Waals surface area contributed by atoms with Gasteiger partial charge in [-0.25, -0.2) is 0 Å². The van der Waals surface area contributed by atoms with E-state index in [2.05, 4.69) is 0 Å². The van der Waals surface area contributed by atoms with Crippen molar-refractivity contribution in [1.82, 2.24) is 0 Å². The fourth-order valence-corrected chi connectivity index (χ4v) is 2.59. The van der Waals surface area contributed by atoms with Crippen molar-refractivity contribution in [1.29, 1.82) is 0 Å². The van der Waals surface area contributed by atoms with Gasteiger partial charge in [-0.3, -0.25) is 0 Å². The molecule has 1 aromatic rings. The number of hydrogen-bond donors (Lipinski definition) is 1. The van der Waals surface area contributed by atoms with Gasteiger partial charge >= 0.3 is 0 Å². The number of rotatable bonds is 4. The minimum atomic E-state index is -0.793. The number of benzene rings is 1. The Balaban J connectivity index is 1.69. The maximum atomic E-state index is 9.49. The van der Waals surface area contributed by atoms with Crippen LogP contribution < -0.4 is 0 Å². The van der Waals surface area contributed by atoms with Crippen LogP contribution in [0.25, 0.3) is 0 Å². The summed E-state index contributed by atoms with van der Waals surface area (Å²) in [5.41, 5.74) is 0.282. The third-order valence-electron chi connectivity index (χ3n) is 3.57. The maximum absolute atomic E-state index is 9.49. The van der Waals surface area contributed by atoms with Crippen molar-refractivity contribution < 1.29 is 19.3 Å². The highest BCUT2D eigenvalue weighted by Crippen LogP contribution is 2.40. The molecular weight excluding hydrogens is 231 g/mol. The summed E-state index contributed by atoms with van der Waals surface area (Å²) in [6.07, 6.45) is -0.599.